The summed E-state index contributed by atoms with van der Waals surface area (Å²) in [6.07, 6.45) is 0.784. The molecule has 4 rings (SSSR count). The summed E-state index contributed by atoms with van der Waals surface area (Å²) in [7, 11) is 3.98. The fourth-order valence-corrected chi connectivity index (χ4v) is 5.47. The molecule has 0 saturated carbocycles. The molecule has 160 valence electrons. The smallest absolute Gasteiger partial charge is 0.270 e. The number of fused-ring (bicyclic) bond motifs is 2. The summed E-state index contributed by atoms with van der Waals surface area (Å²) in [5.41, 5.74) is 0.803. The average molecular weight is 475 g/mol. The lowest BCUT2D eigenvalue weighted by Gasteiger charge is -2.20. The highest BCUT2D eigenvalue weighted by Gasteiger charge is 2.23. The summed E-state index contributed by atoms with van der Waals surface area (Å²) < 4.78 is 1.75. The zero-order valence-corrected chi connectivity index (χ0v) is 19.3. The molecule has 0 aliphatic rings. The zero-order chi connectivity index (χ0) is 22.1. The van der Waals surface area contributed by atoms with Gasteiger partial charge in [0, 0.05) is 33.8 Å². The maximum atomic E-state index is 13.5. The number of rotatable bonds is 7. The predicted molar refractivity (Wildman–Crippen MR) is 128 cm³/mol. The molecule has 31 heavy (non-hydrogen) atoms. The molecule has 0 N–H and O–H groups in total. The van der Waals surface area contributed by atoms with Gasteiger partial charge in [0.2, 0.25) is 0 Å². The van der Waals surface area contributed by atoms with Gasteiger partial charge in [0.15, 0.2) is 5.13 Å². The van der Waals surface area contributed by atoms with Crippen LogP contribution in [-0.4, -0.2) is 47.9 Å². The molecule has 0 spiro atoms. The highest BCUT2D eigenvalue weighted by Crippen LogP contribution is 2.34. The lowest BCUT2D eigenvalue weighted by molar-refractivity contribution is -0.384. The van der Waals surface area contributed by atoms with Crippen LogP contribution in [-0.2, 0) is 0 Å². The van der Waals surface area contributed by atoms with Crippen molar-refractivity contribution in [3.63, 3.8) is 0 Å². The first kappa shape index (κ1) is 21.6. The van der Waals surface area contributed by atoms with E-state index in [9.17, 15) is 14.9 Å². The molecule has 10 heteroatoms. The second-order valence-electron chi connectivity index (χ2n) is 7.31. The Bertz CT molecular complexity index is 1280. The van der Waals surface area contributed by atoms with E-state index in [4.69, 9.17) is 11.6 Å². The zero-order valence-electron chi connectivity index (χ0n) is 16.9. The number of halogens is 1. The van der Waals surface area contributed by atoms with Gasteiger partial charge >= 0.3 is 0 Å². The maximum Gasteiger partial charge on any atom is 0.270 e. The number of thiophene rings is 1. The van der Waals surface area contributed by atoms with Crippen LogP contribution in [0.4, 0.5) is 10.8 Å². The fraction of sp³-hybridized carbons (Fsp3) is 0.238. The van der Waals surface area contributed by atoms with Crippen LogP contribution in [0.25, 0.3) is 20.3 Å². The Morgan fingerprint density at radius 2 is 1.90 bits per heavy atom. The third kappa shape index (κ3) is 4.69. The van der Waals surface area contributed by atoms with Gasteiger partial charge < -0.3 is 4.90 Å². The average Bonchev–Trinajstić information content (AvgIpc) is 3.33. The van der Waals surface area contributed by atoms with Crippen molar-refractivity contribution in [1.29, 1.82) is 0 Å². The SMILES string of the molecule is CN(C)CCCN(C(=O)c1cc2cc([N+](=O)[O-])ccc2s1)c1nc2ccc(Cl)cc2s1. The van der Waals surface area contributed by atoms with Gasteiger partial charge in [-0.15, -0.1) is 11.3 Å². The number of nitro groups is 1. The van der Waals surface area contributed by atoms with Crippen LogP contribution in [0.15, 0.2) is 42.5 Å². The Kier molecular flexibility index (Phi) is 6.19. The van der Waals surface area contributed by atoms with E-state index < -0.39 is 4.92 Å². The quantitative estimate of drug-likeness (QED) is 0.254. The van der Waals surface area contributed by atoms with Crippen LogP contribution in [0.1, 0.15) is 16.1 Å². The molecule has 1 amide bonds. The monoisotopic (exact) mass is 474 g/mol. The Hall–Kier alpha value is -2.59. The summed E-state index contributed by atoms with van der Waals surface area (Å²) in [4.78, 5) is 33.1. The molecule has 2 aromatic carbocycles. The number of aromatic nitrogens is 1. The first-order chi connectivity index (χ1) is 14.8. The third-order valence-electron chi connectivity index (χ3n) is 4.72. The molecule has 0 saturated heterocycles. The fourth-order valence-electron chi connectivity index (χ4n) is 3.21. The standard InChI is InChI=1S/C21H19ClN4O3S2/c1-24(2)8-3-9-25(21-23-16-6-4-14(22)12-18(16)31-21)20(27)19-11-13-10-15(26(28)29)5-7-17(13)30-19/h4-7,10-12H,3,8-9H2,1-2H3. The van der Waals surface area contributed by atoms with E-state index in [2.05, 4.69) is 9.88 Å². The lowest BCUT2D eigenvalue weighted by atomic mass is 10.2. The van der Waals surface area contributed by atoms with Crippen molar-refractivity contribution in [1.82, 2.24) is 9.88 Å². The first-order valence-electron chi connectivity index (χ1n) is 9.52. The van der Waals surface area contributed by atoms with E-state index in [1.807, 2.05) is 26.2 Å². The van der Waals surface area contributed by atoms with E-state index in [-0.39, 0.29) is 11.6 Å². The van der Waals surface area contributed by atoms with Crippen molar-refractivity contribution in [2.24, 2.45) is 0 Å². The summed E-state index contributed by atoms with van der Waals surface area (Å²) >= 11 is 8.87. The molecule has 2 aromatic heterocycles. The maximum absolute atomic E-state index is 13.5. The summed E-state index contributed by atoms with van der Waals surface area (Å²) in [6, 6.07) is 11.8. The Labute approximate surface area is 191 Å². The number of non-ortho nitro benzene ring substituents is 1. The molecule has 0 unspecified atom stereocenters. The van der Waals surface area contributed by atoms with E-state index in [1.165, 1.54) is 34.8 Å². The van der Waals surface area contributed by atoms with Gasteiger partial charge in [-0.05, 0) is 57.4 Å². The van der Waals surface area contributed by atoms with Crippen LogP contribution in [0.2, 0.25) is 5.02 Å². The number of carbonyl (C=O) groups excluding carboxylic acids is 1. The van der Waals surface area contributed by atoms with E-state index >= 15 is 0 Å². The van der Waals surface area contributed by atoms with Crippen molar-refractivity contribution in [2.45, 2.75) is 6.42 Å². The van der Waals surface area contributed by atoms with Gasteiger partial charge in [-0.1, -0.05) is 22.9 Å². The van der Waals surface area contributed by atoms with Crippen molar-refractivity contribution >= 4 is 71.3 Å². The van der Waals surface area contributed by atoms with Crippen molar-refractivity contribution < 1.29 is 9.72 Å². The number of thiazole rings is 1. The minimum atomic E-state index is -0.432. The minimum Gasteiger partial charge on any atom is -0.309 e. The Balaban J connectivity index is 1.70. The van der Waals surface area contributed by atoms with E-state index in [1.54, 1.807) is 23.1 Å². The molecule has 2 heterocycles. The molecular formula is C21H19ClN4O3S2. The summed E-state index contributed by atoms with van der Waals surface area (Å²) in [6.45, 7) is 1.35. The normalized spacial score (nSPS) is 11.5. The van der Waals surface area contributed by atoms with Crippen LogP contribution < -0.4 is 4.90 Å². The minimum absolute atomic E-state index is 0.00944. The molecule has 0 fully saturated rings. The summed E-state index contributed by atoms with van der Waals surface area (Å²) in [5, 5.41) is 13.0. The summed E-state index contributed by atoms with van der Waals surface area (Å²) in [5.74, 6) is -0.159. The van der Waals surface area contributed by atoms with Crippen LogP contribution in [0.3, 0.4) is 0 Å². The Morgan fingerprint density at radius 1 is 1.10 bits per heavy atom. The van der Waals surface area contributed by atoms with E-state index in [0.717, 1.165) is 27.9 Å². The van der Waals surface area contributed by atoms with Crippen molar-refractivity contribution in [3.8, 4) is 0 Å². The van der Waals surface area contributed by atoms with Gasteiger partial charge in [-0.3, -0.25) is 19.8 Å². The topological polar surface area (TPSA) is 79.6 Å². The number of amides is 1. The highest BCUT2D eigenvalue weighted by atomic mass is 35.5. The number of nitro benzene ring substituents is 1. The Morgan fingerprint density at radius 3 is 2.65 bits per heavy atom. The lowest BCUT2D eigenvalue weighted by Crippen LogP contribution is -2.32. The van der Waals surface area contributed by atoms with Gasteiger partial charge in [0.05, 0.1) is 20.0 Å². The van der Waals surface area contributed by atoms with Crippen LogP contribution in [0, 0.1) is 10.1 Å². The predicted octanol–water partition coefficient (Wildman–Crippen LogP) is 5.67. The van der Waals surface area contributed by atoms with Crippen LogP contribution >= 0.6 is 34.3 Å². The molecule has 0 aliphatic carbocycles. The highest BCUT2D eigenvalue weighted by molar-refractivity contribution is 7.23. The van der Waals surface area contributed by atoms with Crippen molar-refractivity contribution in [3.05, 3.63) is 62.5 Å². The molecule has 0 bridgehead atoms. The first-order valence-corrected chi connectivity index (χ1v) is 11.5. The third-order valence-corrected chi connectivity index (χ3v) is 7.10. The van der Waals surface area contributed by atoms with Crippen LogP contribution in [0.5, 0.6) is 0 Å². The van der Waals surface area contributed by atoms with E-state index in [0.29, 0.717) is 27.0 Å². The van der Waals surface area contributed by atoms with Gasteiger partial charge in [0.1, 0.15) is 0 Å². The number of carbonyl (C=O) groups is 1. The number of anilines is 1. The molecule has 0 atom stereocenters. The number of hydrogen-bond donors (Lipinski definition) is 0. The molecule has 7 nitrogen and oxygen atoms in total. The van der Waals surface area contributed by atoms with Gasteiger partial charge in [-0.2, -0.15) is 0 Å². The molecule has 0 radical (unpaired) electrons. The number of nitrogens with zero attached hydrogens (tertiary/aromatic N) is 4. The molecule has 0 aliphatic heterocycles. The van der Waals surface area contributed by atoms with Gasteiger partial charge in [0.25, 0.3) is 11.6 Å². The second kappa shape index (κ2) is 8.88. The number of benzene rings is 2. The molecular weight excluding hydrogens is 456 g/mol. The van der Waals surface area contributed by atoms with Gasteiger partial charge in [-0.25, -0.2) is 4.98 Å². The van der Waals surface area contributed by atoms with Crippen molar-refractivity contribution in [2.75, 3.05) is 32.1 Å². The second-order valence-corrected chi connectivity index (χ2v) is 9.84. The number of hydrogen-bond acceptors (Lipinski definition) is 7. The largest absolute Gasteiger partial charge is 0.309 e. The molecule has 4 aromatic rings.